The van der Waals surface area contributed by atoms with Crippen molar-refractivity contribution in [1.82, 2.24) is 4.98 Å². The number of hydrogen-bond acceptors (Lipinski definition) is 4. The molecule has 2 aromatic carbocycles. The third kappa shape index (κ3) is 2.88. The first-order chi connectivity index (χ1) is 10.0. The van der Waals surface area contributed by atoms with Crippen LogP contribution in [0.5, 0.6) is 0 Å². The van der Waals surface area contributed by atoms with Crippen molar-refractivity contribution in [2.45, 2.75) is 0 Å². The number of nitrogens with one attached hydrogen (secondary N) is 1. The number of thiazole rings is 1. The van der Waals surface area contributed by atoms with E-state index < -0.39 is 5.82 Å². The number of nitrogens with zero attached hydrogens (tertiary/aromatic N) is 1. The molecule has 0 aliphatic rings. The molecule has 1 heterocycles. The molecule has 0 radical (unpaired) electrons. The quantitative estimate of drug-likeness (QED) is 0.673. The standard InChI is InChI=1S/C14H9BrFN3OS/c15-9-5-7(1-3-10(9)16)13(20)19-14-18-11-4-2-8(17)6-12(11)21-14/h1-6H,17H2,(H,18,19,20). The van der Waals surface area contributed by atoms with Gasteiger partial charge < -0.3 is 5.73 Å². The van der Waals surface area contributed by atoms with Gasteiger partial charge in [0, 0.05) is 11.3 Å². The first-order valence-corrected chi connectivity index (χ1v) is 7.56. The Hall–Kier alpha value is -1.99. The number of carbonyl (C=O) groups is 1. The number of amides is 1. The van der Waals surface area contributed by atoms with E-state index in [2.05, 4.69) is 26.2 Å². The van der Waals surface area contributed by atoms with E-state index in [1.165, 1.54) is 29.5 Å². The number of anilines is 2. The van der Waals surface area contributed by atoms with E-state index in [9.17, 15) is 9.18 Å². The third-order valence-electron chi connectivity index (χ3n) is 2.81. The summed E-state index contributed by atoms with van der Waals surface area (Å²) in [6.45, 7) is 0. The Morgan fingerprint density at radius 1 is 1.29 bits per heavy atom. The maximum absolute atomic E-state index is 13.2. The fraction of sp³-hybridized carbons (Fsp3) is 0. The average Bonchev–Trinajstić information content (AvgIpc) is 2.83. The summed E-state index contributed by atoms with van der Waals surface area (Å²) in [5, 5.41) is 3.17. The SMILES string of the molecule is Nc1ccc2nc(NC(=O)c3ccc(F)c(Br)c3)sc2c1. The van der Waals surface area contributed by atoms with Gasteiger partial charge in [-0.05, 0) is 52.3 Å². The Balaban J connectivity index is 1.87. The molecule has 1 amide bonds. The molecule has 1 aromatic heterocycles. The number of aromatic nitrogens is 1. The molecule has 3 aromatic rings. The van der Waals surface area contributed by atoms with Crippen molar-refractivity contribution in [3.63, 3.8) is 0 Å². The fourth-order valence-electron chi connectivity index (χ4n) is 1.80. The van der Waals surface area contributed by atoms with E-state index in [-0.39, 0.29) is 10.4 Å². The van der Waals surface area contributed by atoms with Gasteiger partial charge in [-0.25, -0.2) is 9.37 Å². The third-order valence-corrected chi connectivity index (χ3v) is 4.36. The van der Waals surface area contributed by atoms with Crippen LogP contribution < -0.4 is 11.1 Å². The van der Waals surface area contributed by atoms with Gasteiger partial charge in [-0.1, -0.05) is 11.3 Å². The number of hydrogen-bond donors (Lipinski definition) is 2. The highest BCUT2D eigenvalue weighted by Crippen LogP contribution is 2.28. The predicted octanol–water partition coefficient (Wildman–Crippen LogP) is 4.03. The number of benzene rings is 2. The van der Waals surface area contributed by atoms with Gasteiger partial charge in [0.15, 0.2) is 5.13 Å². The topological polar surface area (TPSA) is 68.0 Å². The highest BCUT2D eigenvalue weighted by atomic mass is 79.9. The minimum atomic E-state index is -0.415. The number of carbonyl (C=O) groups excluding carboxylic acids is 1. The lowest BCUT2D eigenvalue weighted by molar-refractivity contribution is 0.102. The molecule has 0 unspecified atom stereocenters. The maximum Gasteiger partial charge on any atom is 0.257 e. The molecular weight excluding hydrogens is 357 g/mol. The second-order valence-corrected chi connectivity index (χ2v) is 6.21. The summed E-state index contributed by atoms with van der Waals surface area (Å²) in [6.07, 6.45) is 0. The summed E-state index contributed by atoms with van der Waals surface area (Å²) < 4.78 is 14.3. The Morgan fingerprint density at radius 3 is 2.86 bits per heavy atom. The maximum atomic E-state index is 13.2. The Bertz CT molecular complexity index is 849. The van der Waals surface area contributed by atoms with Crippen LogP contribution in [-0.2, 0) is 0 Å². The van der Waals surface area contributed by atoms with Gasteiger partial charge in [0.2, 0.25) is 0 Å². The summed E-state index contributed by atoms with van der Waals surface area (Å²) in [7, 11) is 0. The van der Waals surface area contributed by atoms with E-state index in [4.69, 9.17) is 5.73 Å². The van der Waals surface area contributed by atoms with E-state index in [0.717, 1.165) is 10.2 Å². The second kappa shape index (κ2) is 5.42. The Kier molecular flexibility index (Phi) is 3.60. The van der Waals surface area contributed by atoms with Crippen molar-refractivity contribution in [2.75, 3.05) is 11.1 Å². The normalized spacial score (nSPS) is 10.8. The molecule has 21 heavy (non-hydrogen) atoms. The van der Waals surface area contributed by atoms with Crippen molar-refractivity contribution in [3.05, 3.63) is 52.3 Å². The predicted molar refractivity (Wildman–Crippen MR) is 86.1 cm³/mol. The van der Waals surface area contributed by atoms with Crippen LogP contribution in [0.4, 0.5) is 15.2 Å². The number of nitrogens with two attached hydrogens (primary N) is 1. The first-order valence-electron chi connectivity index (χ1n) is 5.95. The zero-order valence-electron chi connectivity index (χ0n) is 10.6. The molecule has 0 atom stereocenters. The van der Waals surface area contributed by atoms with E-state index in [1.807, 2.05) is 0 Å². The molecule has 0 aliphatic heterocycles. The van der Waals surface area contributed by atoms with Crippen molar-refractivity contribution >= 4 is 54.2 Å². The highest BCUT2D eigenvalue weighted by molar-refractivity contribution is 9.10. The summed E-state index contributed by atoms with van der Waals surface area (Å²) in [6, 6.07) is 9.43. The van der Waals surface area contributed by atoms with Crippen molar-refractivity contribution in [1.29, 1.82) is 0 Å². The van der Waals surface area contributed by atoms with Crippen LogP contribution in [0.3, 0.4) is 0 Å². The van der Waals surface area contributed by atoms with Crippen molar-refractivity contribution < 1.29 is 9.18 Å². The molecular formula is C14H9BrFN3OS. The second-order valence-electron chi connectivity index (χ2n) is 4.33. The van der Waals surface area contributed by atoms with Crippen LogP contribution in [0.1, 0.15) is 10.4 Å². The molecule has 0 bridgehead atoms. The minimum Gasteiger partial charge on any atom is -0.399 e. The lowest BCUT2D eigenvalue weighted by atomic mass is 10.2. The Morgan fingerprint density at radius 2 is 2.10 bits per heavy atom. The number of halogens is 2. The summed E-state index contributed by atoms with van der Waals surface area (Å²) in [4.78, 5) is 16.4. The smallest absolute Gasteiger partial charge is 0.257 e. The summed E-state index contributed by atoms with van der Waals surface area (Å²) in [5.41, 5.74) is 7.47. The monoisotopic (exact) mass is 365 g/mol. The van der Waals surface area contributed by atoms with Crippen LogP contribution in [0, 0.1) is 5.82 Å². The number of rotatable bonds is 2. The number of fused-ring (bicyclic) bond motifs is 1. The minimum absolute atomic E-state index is 0.243. The Labute approximate surface area is 131 Å². The van der Waals surface area contributed by atoms with E-state index in [1.54, 1.807) is 18.2 Å². The summed E-state index contributed by atoms with van der Waals surface area (Å²) >= 11 is 4.39. The molecule has 7 heteroatoms. The molecule has 0 spiro atoms. The van der Waals surface area contributed by atoms with Crippen molar-refractivity contribution in [3.8, 4) is 0 Å². The van der Waals surface area contributed by atoms with Gasteiger partial charge in [0.1, 0.15) is 5.82 Å². The molecule has 0 saturated heterocycles. The average molecular weight is 366 g/mol. The zero-order chi connectivity index (χ0) is 15.0. The van der Waals surface area contributed by atoms with E-state index in [0.29, 0.717) is 16.4 Å². The molecule has 0 aliphatic carbocycles. The van der Waals surface area contributed by atoms with Crippen LogP contribution in [-0.4, -0.2) is 10.9 Å². The lowest BCUT2D eigenvalue weighted by Gasteiger charge is -2.02. The lowest BCUT2D eigenvalue weighted by Crippen LogP contribution is -2.11. The zero-order valence-corrected chi connectivity index (χ0v) is 13.0. The van der Waals surface area contributed by atoms with Crippen molar-refractivity contribution in [2.24, 2.45) is 0 Å². The molecule has 3 N–H and O–H groups in total. The summed E-state index contributed by atoms with van der Waals surface area (Å²) in [5.74, 6) is -0.759. The molecule has 3 rings (SSSR count). The highest BCUT2D eigenvalue weighted by Gasteiger charge is 2.11. The van der Waals surface area contributed by atoms with Gasteiger partial charge >= 0.3 is 0 Å². The molecule has 0 saturated carbocycles. The van der Waals surface area contributed by atoms with Gasteiger partial charge in [0.05, 0.1) is 14.7 Å². The number of nitrogen functional groups attached to an aromatic ring is 1. The largest absolute Gasteiger partial charge is 0.399 e. The van der Waals surface area contributed by atoms with E-state index >= 15 is 0 Å². The van der Waals surface area contributed by atoms with Gasteiger partial charge in [-0.3, -0.25) is 10.1 Å². The fourth-order valence-corrected chi connectivity index (χ4v) is 3.09. The van der Waals surface area contributed by atoms with Crippen LogP contribution >= 0.6 is 27.3 Å². The molecule has 0 fully saturated rings. The van der Waals surface area contributed by atoms with Crippen LogP contribution in [0.15, 0.2) is 40.9 Å². The van der Waals surface area contributed by atoms with Gasteiger partial charge in [-0.15, -0.1) is 0 Å². The molecule has 106 valence electrons. The van der Waals surface area contributed by atoms with Gasteiger partial charge in [-0.2, -0.15) is 0 Å². The van der Waals surface area contributed by atoms with Crippen LogP contribution in [0.25, 0.3) is 10.2 Å². The molecule has 4 nitrogen and oxygen atoms in total. The van der Waals surface area contributed by atoms with Gasteiger partial charge in [0.25, 0.3) is 5.91 Å². The first kappa shape index (κ1) is 14.0. The van der Waals surface area contributed by atoms with Crippen LogP contribution in [0.2, 0.25) is 0 Å².